The molecule has 0 aliphatic carbocycles. The number of esters is 1. The average molecular weight is 290 g/mol. The third kappa shape index (κ3) is 3.42. The van der Waals surface area contributed by atoms with Crippen LogP contribution in [0.4, 0.5) is 0 Å². The summed E-state index contributed by atoms with van der Waals surface area (Å²) in [4.78, 5) is 25.9. The Hall–Kier alpha value is -1.88. The summed E-state index contributed by atoms with van der Waals surface area (Å²) in [5, 5.41) is 3.26. The van der Waals surface area contributed by atoms with Gasteiger partial charge in [-0.3, -0.25) is 9.59 Å². The van der Waals surface area contributed by atoms with Crippen LogP contribution in [0.5, 0.6) is 0 Å². The molecule has 0 aromatic heterocycles. The lowest BCUT2D eigenvalue weighted by molar-refractivity contribution is -0.149. The minimum Gasteiger partial charge on any atom is -0.468 e. The maximum Gasteiger partial charge on any atom is 0.325 e. The number of methoxy groups -OCH3 is 1. The Morgan fingerprint density at radius 3 is 2.76 bits per heavy atom. The minimum atomic E-state index is -0.402. The molecule has 5 nitrogen and oxygen atoms in total. The van der Waals surface area contributed by atoms with E-state index in [2.05, 4.69) is 16.1 Å². The summed E-state index contributed by atoms with van der Waals surface area (Å²) in [7, 11) is 1.33. The van der Waals surface area contributed by atoms with Crippen LogP contribution in [0.15, 0.2) is 24.3 Å². The fourth-order valence-corrected chi connectivity index (χ4v) is 2.61. The van der Waals surface area contributed by atoms with E-state index >= 15 is 0 Å². The van der Waals surface area contributed by atoms with Crippen molar-refractivity contribution in [3.8, 4) is 0 Å². The molecule has 1 aromatic carbocycles. The predicted molar refractivity (Wildman–Crippen MR) is 79.8 cm³/mol. The molecular weight excluding hydrogens is 268 g/mol. The van der Waals surface area contributed by atoms with Crippen molar-refractivity contribution in [2.75, 3.05) is 20.2 Å². The molecule has 1 N–H and O–H groups in total. The zero-order valence-electron chi connectivity index (χ0n) is 12.8. The van der Waals surface area contributed by atoms with Crippen LogP contribution in [0.1, 0.15) is 31.0 Å². The Kier molecular flexibility index (Phi) is 4.96. The molecule has 1 atom stereocenters. The van der Waals surface area contributed by atoms with Crippen LogP contribution in [0.25, 0.3) is 0 Å². The molecule has 1 aliphatic heterocycles. The Morgan fingerprint density at radius 2 is 2.10 bits per heavy atom. The number of ether oxygens (including phenoxy) is 1. The zero-order valence-corrected chi connectivity index (χ0v) is 12.8. The van der Waals surface area contributed by atoms with Crippen molar-refractivity contribution >= 4 is 11.9 Å². The number of carbonyl (C=O) groups excluding carboxylic acids is 2. The maximum atomic E-state index is 12.8. The Labute approximate surface area is 125 Å². The molecule has 0 saturated heterocycles. The van der Waals surface area contributed by atoms with E-state index in [9.17, 15) is 9.59 Å². The topological polar surface area (TPSA) is 58.6 Å². The number of carbonyl (C=O) groups is 2. The summed E-state index contributed by atoms with van der Waals surface area (Å²) in [5.41, 5.74) is 2.20. The van der Waals surface area contributed by atoms with Crippen molar-refractivity contribution in [3.05, 3.63) is 35.4 Å². The number of benzene rings is 1. The quantitative estimate of drug-likeness (QED) is 0.849. The Balaban J connectivity index is 2.24. The summed E-state index contributed by atoms with van der Waals surface area (Å²) < 4.78 is 4.68. The van der Waals surface area contributed by atoms with Gasteiger partial charge in [-0.15, -0.1) is 0 Å². The van der Waals surface area contributed by atoms with Gasteiger partial charge >= 0.3 is 5.97 Å². The fourth-order valence-electron chi connectivity index (χ4n) is 2.61. The second kappa shape index (κ2) is 6.72. The minimum absolute atomic E-state index is 0.0205. The highest BCUT2D eigenvalue weighted by molar-refractivity contribution is 5.87. The van der Waals surface area contributed by atoms with Crippen LogP contribution in [-0.2, 0) is 20.7 Å². The van der Waals surface area contributed by atoms with E-state index < -0.39 is 5.97 Å². The van der Waals surface area contributed by atoms with E-state index in [-0.39, 0.29) is 24.5 Å². The Bertz CT molecular complexity index is 528. The van der Waals surface area contributed by atoms with Gasteiger partial charge in [-0.25, -0.2) is 0 Å². The van der Waals surface area contributed by atoms with Crippen LogP contribution in [-0.4, -0.2) is 43.0 Å². The van der Waals surface area contributed by atoms with E-state index in [1.165, 1.54) is 12.7 Å². The number of rotatable bonds is 4. The second-order valence-electron chi connectivity index (χ2n) is 5.47. The second-order valence-corrected chi connectivity index (χ2v) is 5.47. The Morgan fingerprint density at radius 1 is 1.38 bits per heavy atom. The number of hydrogen-bond donors (Lipinski definition) is 1. The molecule has 5 heteroatoms. The molecule has 2 rings (SSSR count). The van der Waals surface area contributed by atoms with Gasteiger partial charge in [0.05, 0.1) is 7.11 Å². The lowest BCUT2D eigenvalue weighted by atomic mass is 9.93. The SMILES string of the molecule is COC(=O)CN(C(=O)C1NCCc2ccccc21)C(C)C. The first kappa shape index (κ1) is 15.5. The molecular formula is C16H22N2O3. The monoisotopic (exact) mass is 290 g/mol. The maximum absolute atomic E-state index is 12.8. The van der Waals surface area contributed by atoms with Crippen molar-refractivity contribution < 1.29 is 14.3 Å². The highest BCUT2D eigenvalue weighted by atomic mass is 16.5. The number of nitrogens with one attached hydrogen (secondary N) is 1. The highest BCUT2D eigenvalue weighted by Crippen LogP contribution is 2.25. The molecule has 1 aliphatic rings. The molecule has 114 valence electrons. The first-order valence-corrected chi connectivity index (χ1v) is 7.23. The van der Waals surface area contributed by atoms with Gasteiger partial charge in [-0.05, 0) is 31.4 Å². The van der Waals surface area contributed by atoms with Gasteiger partial charge in [0.25, 0.3) is 0 Å². The van der Waals surface area contributed by atoms with E-state index in [1.54, 1.807) is 4.90 Å². The molecule has 0 saturated carbocycles. The van der Waals surface area contributed by atoms with Crippen LogP contribution < -0.4 is 5.32 Å². The van der Waals surface area contributed by atoms with Crippen molar-refractivity contribution in [1.82, 2.24) is 10.2 Å². The molecule has 0 bridgehead atoms. The highest BCUT2D eigenvalue weighted by Gasteiger charge is 2.31. The van der Waals surface area contributed by atoms with E-state index in [1.807, 2.05) is 32.0 Å². The molecule has 0 spiro atoms. The largest absolute Gasteiger partial charge is 0.468 e. The van der Waals surface area contributed by atoms with Crippen LogP contribution in [0.2, 0.25) is 0 Å². The van der Waals surface area contributed by atoms with Crippen molar-refractivity contribution in [3.63, 3.8) is 0 Å². The molecule has 21 heavy (non-hydrogen) atoms. The van der Waals surface area contributed by atoms with E-state index in [0.29, 0.717) is 0 Å². The van der Waals surface area contributed by atoms with E-state index in [4.69, 9.17) is 0 Å². The third-order valence-corrected chi connectivity index (χ3v) is 3.79. The van der Waals surface area contributed by atoms with E-state index in [0.717, 1.165) is 18.5 Å². The van der Waals surface area contributed by atoms with Gasteiger partial charge in [0.15, 0.2) is 0 Å². The first-order valence-electron chi connectivity index (χ1n) is 7.23. The van der Waals surface area contributed by atoms with Gasteiger partial charge in [0.1, 0.15) is 12.6 Å². The van der Waals surface area contributed by atoms with Crippen molar-refractivity contribution in [2.45, 2.75) is 32.4 Å². The van der Waals surface area contributed by atoms with Gasteiger partial charge in [0.2, 0.25) is 5.91 Å². The summed E-state index contributed by atoms with van der Waals surface area (Å²) in [6.45, 7) is 4.54. The van der Waals surface area contributed by atoms with Crippen LogP contribution in [0.3, 0.4) is 0 Å². The fraction of sp³-hybridized carbons (Fsp3) is 0.500. The number of amides is 1. The summed E-state index contributed by atoms with van der Waals surface area (Å²) in [6.07, 6.45) is 0.915. The van der Waals surface area contributed by atoms with Gasteiger partial charge in [-0.2, -0.15) is 0 Å². The smallest absolute Gasteiger partial charge is 0.325 e. The summed E-state index contributed by atoms with van der Waals surface area (Å²) in [5.74, 6) is -0.483. The molecule has 1 aromatic rings. The lowest BCUT2D eigenvalue weighted by Gasteiger charge is -2.33. The lowest BCUT2D eigenvalue weighted by Crippen LogP contribution is -2.48. The van der Waals surface area contributed by atoms with Crippen molar-refractivity contribution in [1.29, 1.82) is 0 Å². The third-order valence-electron chi connectivity index (χ3n) is 3.79. The molecule has 0 fully saturated rings. The zero-order chi connectivity index (χ0) is 15.4. The molecule has 0 radical (unpaired) electrons. The summed E-state index contributed by atoms with van der Waals surface area (Å²) >= 11 is 0. The van der Waals surface area contributed by atoms with Crippen molar-refractivity contribution in [2.24, 2.45) is 0 Å². The normalized spacial score (nSPS) is 17.2. The molecule has 1 heterocycles. The predicted octanol–water partition coefficient (Wildman–Crippen LogP) is 1.28. The van der Waals surface area contributed by atoms with Gasteiger partial charge < -0.3 is 15.0 Å². The molecule has 1 unspecified atom stereocenters. The average Bonchev–Trinajstić information content (AvgIpc) is 2.50. The number of fused-ring (bicyclic) bond motifs is 1. The van der Waals surface area contributed by atoms with Crippen LogP contribution >= 0.6 is 0 Å². The number of hydrogen-bond acceptors (Lipinski definition) is 4. The number of nitrogens with zero attached hydrogens (tertiary/aromatic N) is 1. The van der Waals surface area contributed by atoms with Gasteiger partial charge in [0, 0.05) is 12.6 Å². The van der Waals surface area contributed by atoms with Crippen LogP contribution in [0, 0.1) is 0 Å². The standard InChI is InChI=1S/C16H22N2O3/c1-11(2)18(10-14(19)21-3)16(20)15-13-7-5-4-6-12(13)8-9-17-15/h4-7,11,15,17H,8-10H2,1-3H3. The summed E-state index contributed by atoms with van der Waals surface area (Å²) in [6, 6.07) is 7.50. The van der Waals surface area contributed by atoms with Gasteiger partial charge in [-0.1, -0.05) is 24.3 Å². The molecule has 1 amide bonds. The first-order chi connectivity index (χ1) is 10.0.